The Morgan fingerprint density at radius 1 is 0.893 bits per heavy atom. The minimum Gasteiger partial charge on any atom is -0.481 e. The van der Waals surface area contributed by atoms with Gasteiger partial charge in [0.25, 0.3) is 5.91 Å². The molecule has 0 aliphatic rings. The minimum atomic E-state index is -0.781. The molecule has 3 rings (SSSR count). The molecule has 0 unspecified atom stereocenters. The summed E-state index contributed by atoms with van der Waals surface area (Å²) in [5, 5.41) is 3.73. The zero-order valence-electron chi connectivity index (χ0n) is 15.0. The van der Waals surface area contributed by atoms with Crippen molar-refractivity contribution in [3.05, 3.63) is 94.0 Å². The molecule has 0 aliphatic carbocycles. The SMILES string of the molecule is C[C@@H](Oc1ccc(Cl)cc1)C(=O)Nc1ccc(Cl)cc1C(=O)c1ccccc1. The maximum atomic E-state index is 12.8. The second-order valence-electron chi connectivity index (χ2n) is 6.09. The van der Waals surface area contributed by atoms with Crippen molar-refractivity contribution < 1.29 is 14.3 Å². The van der Waals surface area contributed by atoms with E-state index in [2.05, 4.69) is 5.32 Å². The van der Waals surface area contributed by atoms with E-state index in [1.807, 2.05) is 6.07 Å². The van der Waals surface area contributed by atoms with Crippen LogP contribution in [0.3, 0.4) is 0 Å². The molecule has 0 saturated carbocycles. The Bertz CT molecular complexity index is 988. The molecule has 0 bridgehead atoms. The summed E-state index contributed by atoms with van der Waals surface area (Å²) in [4.78, 5) is 25.4. The summed E-state index contributed by atoms with van der Waals surface area (Å²) in [6.07, 6.45) is -0.781. The van der Waals surface area contributed by atoms with Crippen LogP contribution in [-0.4, -0.2) is 17.8 Å². The van der Waals surface area contributed by atoms with Gasteiger partial charge in [0.2, 0.25) is 0 Å². The van der Waals surface area contributed by atoms with E-state index in [4.69, 9.17) is 27.9 Å². The van der Waals surface area contributed by atoms with Crippen LogP contribution in [0.5, 0.6) is 5.75 Å². The van der Waals surface area contributed by atoms with E-state index < -0.39 is 6.10 Å². The van der Waals surface area contributed by atoms with Gasteiger partial charge in [-0.2, -0.15) is 0 Å². The Kier molecular flexibility index (Phi) is 6.34. The van der Waals surface area contributed by atoms with Crippen LogP contribution in [0.2, 0.25) is 10.0 Å². The van der Waals surface area contributed by atoms with E-state index in [1.54, 1.807) is 67.6 Å². The highest BCUT2D eigenvalue weighted by molar-refractivity contribution is 6.31. The third kappa shape index (κ3) is 4.91. The van der Waals surface area contributed by atoms with E-state index >= 15 is 0 Å². The molecule has 1 atom stereocenters. The van der Waals surface area contributed by atoms with E-state index in [1.165, 1.54) is 6.07 Å². The topological polar surface area (TPSA) is 55.4 Å². The van der Waals surface area contributed by atoms with Gasteiger partial charge in [0.05, 0.1) is 5.69 Å². The lowest BCUT2D eigenvalue weighted by Crippen LogP contribution is -2.30. The Morgan fingerprint density at radius 2 is 1.54 bits per heavy atom. The van der Waals surface area contributed by atoms with Crippen molar-refractivity contribution in [1.29, 1.82) is 0 Å². The summed E-state index contributed by atoms with van der Waals surface area (Å²) in [7, 11) is 0. The highest BCUT2D eigenvalue weighted by Crippen LogP contribution is 2.24. The smallest absolute Gasteiger partial charge is 0.265 e. The number of ketones is 1. The summed E-state index contributed by atoms with van der Waals surface area (Å²) in [6.45, 7) is 1.62. The van der Waals surface area contributed by atoms with Gasteiger partial charge in [-0.3, -0.25) is 9.59 Å². The van der Waals surface area contributed by atoms with Crippen LogP contribution < -0.4 is 10.1 Å². The quantitative estimate of drug-likeness (QED) is 0.532. The van der Waals surface area contributed by atoms with Crippen LogP contribution in [0, 0.1) is 0 Å². The van der Waals surface area contributed by atoms with E-state index in [-0.39, 0.29) is 11.7 Å². The molecular weight excluding hydrogens is 397 g/mol. The first kappa shape index (κ1) is 19.9. The van der Waals surface area contributed by atoms with Crippen LogP contribution in [0.4, 0.5) is 5.69 Å². The number of benzene rings is 3. The Hall–Kier alpha value is -2.82. The molecule has 0 aromatic heterocycles. The highest BCUT2D eigenvalue weighted by Gasteiger charge is 2.20. The molecule has 0 radical (unpaired) electrons. The van der Waals surface area contributed by atoms with Crippen molar-refractivity contribution in [1.82, 2.24) is 0 Å². The standard InChI is InChI=1S/C22H17Cl2NO3/c1-14(28-18-10-7-16(23)8-11-18)22(27)25-20-12-9-17(24)13-19(20)21(26)15-5-3-2-4-6-15/h2-14H,1H3,(H,25,27)/t14-/m1/s1. The first-order valence-corrected chi connectivity index (χ1v) is 9.32. The maximum absolute atomic E-state index is 12.8. The molecule has 0 heterocycles. The number of carbonyl (C=O) groups excluding carboxylic acids is 2. The summed E-state index contributed by atoms with van der Waals surface area (Å²) in [6, 6.07) is 20.3. The normalized spacial score (nSPS) is 11.5. The van der Waals surface area contributed by atoms with Crippen molar-refractivity contribution in [2.24, 2.45) is 0 Å². The Labute approximate surface area is 173 Å². The van der Waals surface area contributed by atoms with Crippen LogP contribution in [0.25, 0.3) is 0 Å². The molecule has 6 heteroatoms. The van der Waals surface area contributed by atoms with Gasteiger partial charge in [0.15, 0.2) is 11.9 Å². The Morgan fingerprint density at radius 3 is 2.21 bits per heavy atom. The summed E-state index contributed by atoms with van der Waals surface area (Å²) in [5.41, 5.74) is 1.19. The lowest BCUT2D eigenvalue weighted by Gasteiger charge is -2.16. The molecule has 4 nitrogen and oxygen atoms in total. The average Bonchev–Trinajstić information content (AvgIpc) is 2.71. The molecule has 1 N–H and O–H groups in total. The van der Waals surface area contributed by atoms with Crippen LogP contribution in [0.1, 0.15) is 22.8 Å². The zero-order valence-corrected chi connectivity index (χ0v) is 16.5. The fourth-order valence-corrected chi connectivity index (χ4v) is 2.86. The lowest BCUT2D eigenvalue weighted by atomic mass is 10.0. The monoisotopic (exact) mass is 413 g/mol. The number of amides is 1. The maximum Gasteiger partial charge on any atom is 0.265 e. The predicted molar refractivity (Wildman–Crippen MR) is 111 cm³/mol. The predicted octanol–water partition coefficient (Wildman–Crippen LogP) is 5.63. The van der Waals surface area contributed by atoms with Crippen LogP contribution in [0.15, 0.2) is 72.8 Å². The fourth-order valence-electron chi connectivity index (χ4n) is 2.56. The van der Waals surface area contributed by atoms with Gasteiger partial charge < -0.3 is 10.1 Å². The van der Waals surface area contributed by atoms with Crippen molar-refractivity contribution in [2.75, 3.05) is 5.32 Å². The largest absolute Gasteiger partial charge is 0.481 e. The molecule has 0 spiro atoms. The summed E-state index contributed by atoms with van der Waals surface area (Å²) >= 11 is 11.9. The van der Waals surface area contributed by atoms with Crippen molar-refractivity contribution in [2.45, 2.75) is 13.0 Å². The lowest BCUT2D eigenvalue weighted by molar-refractivity contribution is -0.122. The molecule has 28 heavy (non-hydrogen) atoms. The van der Waals surface area contributed by atoms with Crippen LogP contribution in [-0.2, 0) is 4.79 Å². The average molecular weight is 414 g/mol. The second kappa shape index (κ2) is 8.91. The molecule has 3 aromatic rings. The molecule has 3 aromatic carbocycles. The first-order valence-electron chi connectivity index (χ1n) is 8.56. The fraction of sp³-hybridized carbons (Fsp3) is 0.0909. The molecule has 0 fully saturated rings. The van der Waals surface area contributed by atoms with Crippen molar-refractivity contribution in [3.63, 3.8) is 0 Å². The van der Waals surface area contributed by atoms with Crippen LogP contribution >= 0.6 is 23.2 Å². The highest BCUT2D eigenvalue weighted by atomic mass is 35.5. The molecule has 0 saturated heterocycles. The van der Waals surface area contributed by atoms with Gasteiger partial charge in [0, 0.05) is 21.2 Å². The van der Waals surface area contributed by atoms with Gasteiger partial charge in [-0.25, -0.2) is 0 Å². The number of anilines is 1. The molecule has 0 aliphatic heterocycles. The molecule has 1 amide bonds. The number of hydrogen-bond acceptors (Lipinski definition) is 3. The van der Waals surface area contributed by atoms with E-state index in [0.717, 1.165) is 0 Å². The number of hydrogen-bond donors (Lipinski definition) is 1. The number of rotatable bonds is 6. The van der Waals surface area contributed by atoms with Crippen molar-refractivity contribution in [3.8, 4) is 5.75 Å². The van der Waals surface area contributed by atoms with Crippen molar-refractivity contribution >= 4 is 40.6 Å². The third-order valence-electron chi connectivity index (χ3n) is 4.02. The third-order valence-corrected chi connectivity index (χ3v) is 4.50. The minimum absolute atomic E-state index is 0.232. The van der Waals surface area contributed by atoms with E-state index in [9.17, 15) is 9.59 Å². The number of ether oxygens (including phenoxy) is 1. The van der Waals surface area contributed by atoms with Gasteiger partial charge in [-0.15, -0.1) is 0 Å². The molecule has 142 valence electrons. The molecular formula is C22H17Cl2NO3. The van der Waals surface area contributed by atoms with Gasteiger partial charge in [-0.05, 0) is 49.4 Å². The zero-order chi connectivity index (χ0) is 20.1. The second-order valence-corrected chi connectivity index (χ2v) is 6.96. The first-order chi connectivity index (χ1) is 13.4. The summed E-state index contributed by atoms with van der Waals surface area (Å²) < 4.78 is 5.63. The Balaban J connectivity index is 1.79. The van der Waals surface area contributed by atoms with Gasteiger partial charge >= 0.3 is 0 Å². The summed E-state index contributed by atoms with van der Waals surface area (Å²) in [5.74, 6) is -0.104. The number of halogens is 2. The number of carbonyl (C=O) groups is 2. The number of nitrogens with one attached hydrogen (secondary N) is 1. The van der Waals surface area contributed by atoms with Gasteiger partial charge in [-0.1, -0.05) is 53.5 Å². The van der Waals surface area contributed by atoms with E-state index in [0.29, 0.717) is 32.6 Å². The van der Waals surface area contributed by atoms with Gasteiger partial charge in [0.1, 0.15) is 5.75 Å².